The molecule has 0 aliphatic carbocycles. The van der Waals surface area contributed by atoms with Gasteiger partial charge in [-0.15, -0.1) is 0 Å². The average molecular weight is 234 g/mol. The Labute approximate surface area is 106 Å². The van der Waals surface area contributed by atoms with E-state index in [9.17, 15) is 5.11 Å². The molecule has 0 saturated heterocycles. The zero-order valence-corrected chi connectivity index (χ0v) is 11.4. The van der Waals surface area contributed by atoms with Crippen molar-refractivity contribution < 1.29 is 5.11 Å². The molecular weight excluding hydrogens is 208 g/mol. The fraction of sp³-hybridized carbons (Fsp3) is 0.625. The van der Waals surface area contributed by atoms with E-state index in [1.807, 2.05) is 6.07 Å². The molecule has 1 N–H and O–H groups in total. The normalized spacial score (nSPS) is 13.6. The minimum Gasteiger partial charge on any atom is -0.392 e. The standard InChI is InChI=1S/C16H26O/c1-4-7-13-15(17)16(5-2,6-3)14-11-9-8-10-12-14/h8-12,15,17H,4-7,13H2,1-3H3. The van der Waals surface area contributed by atoms with Crippen LogP contribution in [0.15, 0.2) is 30.3 Å². The number of unbranched alkanes of at least 4 members (excludes halogenated alkanes) is 1. The summed E-state index contributed by atoms with van der Waals surface area (Å²) in [5.74, 6) is 0. The van der Waals surface area contributed by atoms with E-state index >= 15 is 0 Å². The molecule has 0 aromatic heterocycles. The van der Waals surface area contributed by atoms with Gasteiger partial charge in [0.1, 0.15) is 0 Å². The van der Waals surface area contributed by atoms with Gasteiger partial charge in [0.05, 0.1) is 6.10 Å². The topological polar surface area (TPSA) is 20.2 Å². The van der Waals surface area contributed by atoms with E-state index in [-0.39, 0.29) is 11.5 Å². The van der Waals surface area contributed by atoms with Crippen LogP contribution in [0.1, 0.15) is 58.4 Å². The summed E-state index contributed by atoms with van der Waals surface area (Å²) in [4.78, 5) is 0. The van der Waals surface area contributed by atoms with Crippen LogP contribution in [-0.2, 0) is 5.41 Å². The summed E-state index contributed by atoms with van der Waals surface area (Å²) in [6, 6.07) is 10.5. The molecule has 0 heterocycles. The van der Waals surface area contributed by atoms with Crippen molar-refractivity contribution >= 4 is 0 Å². The molecule has 96 valence electrons. The van der Waals surface area contributed by atoms with Gasteiger partial charge in [0.25, 0.3) is 0 Å². The highest BCUT2D eigenvalue weighted by molar-refractivity contribution is 5.26. The zero-order valence-electron chi connectivity index (χ0n) is 11.4. The second-order valence-corrected chi connectivity index (χ2v) is 4.89. The molecule has 0 aliphatic rings. The first-order valence-corrected chi connectivity index (χ1v) is 6.94. The Balaban J connectivity index is 2.96. The van der Waals surface area contributed by atoms with Crippen LogP contribution in [0.5, 0.6) is 0 Å². The van der Waals surface area contributed by atoms with Gasteiger partial charge in [-0.25, -0.2) is 0 Å². The smallest absolute Gasteiger partial charge is 0.0636 e. The van der Waals surface area contributed by atoms with Crippen molar-refractivity contribution in [2.75, 3.05) is 0 Å². The monoisotopic (exact) mass is 234 g/mol. The molecule has 0 spiro atoms. The number of aliphatic hydroxyl groups excluding tert-OH is 1. The highest BCUT2D eigenvalue weighted by Gasteiger charge is 2.35. The zero-order chi connectivity index (χ0) is 12.7. The van der Waals surface area contributed by atoms with Gasteiger partial charge in [0.15, 0.2) is 0 Å². The van der Waals surface area contributed by atoms with Gasteiger partial charge in [-0.2, -0.15) is 0 Å². The van der Waals surface area contributed by atoms with Gasteiger partial charge in [-0.3, -0.25) is 0 Å². The molecule has 0 radical (unpaired) electrons. The van der Waals surface area contributed by atoms with Crippen molar-refractivity contribution in [3.8, 4) is 0 Å². The number of aliphatic hydroxyl groups is 1. The minimum absolute atomic E-state index is 0.0591. The number of hydrogen-bond donors (Lipinski definition) is 1. The van der Waals surface area contributed by atoms with E-state index in [2.05, 4.69) is 45.0 Å². The third kappa shape index (κ3) is 3.10. The van der Waals surface area contributed by atoms with E-state index in [0.717, 1.165) is 32.1 Å². The maximum absolute atomic E-state index is 10.5. The average Bonchev–Trinajstić information content (AvgIpc) is 2.39. The van der Waals surface area contributed by atoms with Crippen LogP contribution in [0.25, 0.3) is 0 Å². The lowest BCUT2D eigenvalue weighted by Gasteiger charge is -2.37. The molecule has 0 amide bonds. The van der Waals surface area contributed by atoms with E-state index in [0.29, 0.717) is 0 Å². The molecular formula is C16H26O. The minimum atomic E-state index is -0.222. The van der Waals surface area contributed by atoms with Crippen LogP contribution >= 0.6 is 0 Å². The predicted molar refractivity (Wildman–Crippen MR) is 74.2 cm³/mol. The van der Waals surface area contributed by atoms with E-state index < -0.39 is 0 Å². The summed E-state index contributed by atoms with van der Waals surface area (Å²) in [6.07, 6.45) is 4.94. The molecule has 0 aliphatic heterocycles. The molecule has 1 heteroatoms. The van der Waals surface area contributed by atoms with Crippen molar-refractivity contribution in [2.24, 2.45) is 0 Å². The first-order valence-electron chi connectivity index (χ1n) is 6.94. The van der Waals surface area contributed by atoms with Crippen LogP contribution in [0.4, 0.5) is 0 Å². The molecule has 0 bridgehead atoms. The van der Waals surface area contributed by atoms with Gasteiger partial charge >= 0.3 is 0 Å². The Morgan fingerprint density at radius 1 is 1.06 bits per heavy atom. The number of rotatable bonds is 7. The van der Waals surface area contributed by atoms with Gasteiger partial charge < -0.3 is 5.11 Å². The Hall–Kier alpha value is -0.820. The summed E-state index contributed by atoms with van der Waals surface area (Å²) in [7, 11) is 0. The fourth-order valence-electron chi connectivity index (χ4n) is 2.77. The Bertz CT molecular complexity index is 301. The Kier molecular flexibility index (Phi) is 5.70. The molecule has 1 unspecified atom stereocenters. The third-order valence-electron chi connectivity index (χ3n) is 4.08. The molecule has 0 saturated carbocycles. The van der Waals surface area contributed by atoms with E-state index in [1.54, 1.807) is 0 Å². The Morgan fingerprint density at radius 2 is 1.65 bits per heavy atom. The van der Waals surface area contributed by atoms with Crippen LogP contribution in [-0.4, -0.2) is 11.2 Å². The van der Waals surface area contributed by atoms with Gasteiger partial charge in [-0.1, -0.05) is 63.9 Å². The van der Waals surface area contributed by atoms with Crippen LogP contribution in [0.3, 0.4) is 0 Å². The van der Waals surface area contributed by atoms with Gasteiger partial charge in [0.2, 0.25) is 0 Å². The van der Waals surface area contributed by atoms with Crippen molar-refractivity contribution in [3.05, 3.63) is 35.9 Å². The molecule has 1 rings (SSSR count). The van der Waals surface area contributed by atoms with Gasteiger partial charge in [0, 0.05) is 5.41 Å². The number of benzene rings is 1. The maximum Gasteiger partial charge on any atom is 0.0636 e. The maximum atomic E-state index is 10.5. The lowest BCUT2D eigenvalue weighted by atomic mass is 9.70. The van der Waals surface area contributed by atoms with Crippen LogP contribution in [0.2, 0.25) is 0 Å². The molecule has 17 heavy (non-hydrogen) atoms. The summed E-state index contributed by atoms with van der Waals surface area (Å²) >= 11 is 0. The third-order valence-corrected chi connectivity index (χ3v) is 4.08. The van der Waals surface area contributed by atoms with Crippen LogP contribution in [0, 0.1) is 0 Å². The largest absolute Gasteiger partial charge is 0.392 e. The van der Waals surface area contributed by atoms with Crippen molar-refractivity contribution in [1.82, 2.24) is 0 Å². The summed E-state index contributed by atoms with van der Waals surface area (Å²) in [5.41, 5.74) is 1.23. The predicted octanol–water partition coefficient (Wildman–Crippen LogP) is 4.30. The van der Waals surface area contributed by atoms with Crippen molar-refractivity contribution in [3.63, 3.8) is 0 Å². The fourth-order valence-corrected chi connectivity index (χ4v) is 2.77. The lowest BCUT2D eigenvalue weighted by molar-refractivity contribution is 0.0636. The SMILES string of the molecule is CCCCC(O)C(CC)(CC)c1ccccc1. The summed E-state index contributed by atoms with van der Waals surface area (Å²) < 4.78 is 0. The first kappa shape index (κ1) is 14.2. The highest BCUT2D eigenvalue weighted by Crippen LogP contribution is 2.37. The second kappa shape index (κ2) is 6.80. The van der Waals surface area contributed by atoms with Crippen molar-refractivity contribution in [2.45, 2.75) is 64.4 Å². The van der Waals surface area contributed by atoms with Crippen molar-refractivity contribution in [1.29, 1.82) is 0 Å². The molecule has 1 aromatic rings. The number of hydrogen-bond acceptors (Lipinski definition) is 1. The van der Waals surface area contributed by atoms with Crippen LogP contribution < -0.4 is 0 Å². The first-order chi connectivity index (χ1) is 8.21. The Morgan fingerprint density at radius 3 is 2.12 bits per heavy atom. The summed E-state index contributed by atoms with van der Waals surface area (Å²) in [5, 5.41) is 10.5. The lowest BCUT2D eigenvalue weighted by Crippen LogP contribution is -2.38. The van der Waals surface area contributed by atoms with E-state index in [1.165, 1.54) is 5.56 Å². The summed E-state index contributed by atoms with van der Waals surface area (Å²) in [6.45, 7) is 6.55. The molecule has 0 fully saturated rings. The highest BCUT2D eigenvalue weighted by atomic mass is 16.3. The quantitative estimate of drug-likeness (QED) is 0.746. The second-order valence-electron chi connectivity index (χ2n) is 4.89. The van der Waals surface area contributed by atoms with Gasteiger partial charge in [-0.05, 0) is 24.8 Å². The van der Waals surface area contributed by atoms with E-state index in [4.69, 9.17) is 0 Å². The molecule has 1 nitrogen and oxygen atoms in total. The molecule has 1 aromatic carbocycles. The molecule has 1 atom stereocenters.